The number of hydrogen-bond donors (Lipinski definition) is 1. The first-order valence-corrected chi connectivity index (χ1v) is 11.5. The van der Waals surface area contributed by atoms with Crippen molar-refractivity contribution in [1.29, 1.82) is 0 Å². The lowest BCUT2D eigenvalue weighted by Crippen LogP contribution is -2.39. The molecule has 1 aliphatic heterocycles. The summed E-state index contributed by atoms with van der Waals surface area (Å²) in [7, 11) is -2.27. The second-order valence-electron chi connectivity index (χ2n) is 7.50. The van der Waals surface area contributed by atoms with Gasteiger partial charge in [-0.3, -0.25) is 4.79 Å². The van der Waals surface area contributed by atoms with Gasteiger partial charge in [-0.25, -0.2) is 8.42 Å². The molecule has 0 radical (unpaired) electrons. The molecular formula is C22H29N3O3S. The van der Waals surface area contributed by atoms with E-state index in [4.69, 9.17) is 0 Å². The van der Waals surface area contributed by atoms with Crippen molar-refractivity contribution in [2.45, 2.75) is 37.1 Å². The van der Waals surface area contributed by atoms with Crippen LogP contribution >= 0.6 is 0 Å². The van der Waals surface area contributed by atoms with Crippen LogP contribution in [0.4, 0.5) is 5.69 Å². The molecule has 0 saturated carbocycles. The zero-order valence-corrected chi connectivity index (χ0v) is 17.9. The summed E-state index contributed by atoms with van der Waals surface area (Å²) >= 11 is 0. The summed E-state index contributed by atoms with van der Waals surface area (Å²) in [5, 5.41) is 2.89. The summed E-state index contributed by atoms with van der Waals surface area (Å²) in [4.78, 5) is 15.0. The highest BCUT2D eigenvalue weighted by Gasteiger charge is 2.23. The third-order valence-corrected chi connectivity index (χ3v) is 7.13. The molecule has 1 N–H and O–H groups in total. The average molecular weight is 416 g/mol. The molecule has 0 unspecified atom stereocenters. The highest BCUT2D eigenvalue weighted by Crippen LogP contribution is 2.22. The molecule has 0 aliphatic carbocycles. The van der Waals surface area contributed by atoms with Crippen LogP contribution < -0.4 is 10.2 Å². The fraction of sp³-hybridized carbons (Fsp3) is 0.409. The normalized spacial score (nSPS) is 15.9. The largest absolute Gasteiger partial charge is 0.372 e. The maximum Gasteiger partial charge on any atom is 0.243 e. The number of hydrogen-bond acceptors (Lipinski definition) is 4. The van der Waals surface area contributed by atoms with Crippen LogP contribution in [0, 0.1) is 0 Å². The lowest BCUT2D eigenvalue weighted by molar-refractivity contribution is -0.121. The molecule has 1 aliphatic rings. The van der Waals surface area contributed by atoms with E-state index in [0.717, 1.165) is 23.0 Å². The van der Waals surface area contributed by atoms with Gasteiger partial charge in [0.25, 0.3) is 0 Å². The smallest absolute Gasteiger partial charge is 0.243 e. The van der Waals surface area contributed by atoms with Crippen LogP contribution in [0.2, 0.25) is 0 Å². The number of amides is 1. The third-order valence-electron chi connectivity index (χ3n) is 5.31. The number of likely N-dealkylation sites (N-methyl/N-ethyl adjacent to an activating group) is 1. The molecule has 3 rings (SSSR count). The predicted octanol–water partition coefficient (Wildman–Crippen LogP) is 3.17. The van der Waals surface area contributed by atoms with Gasteiger partial charge in [0.1, 0.15) is 0 Å². The Morgan fingerprint density at radius 2 is 1.66 bits per heavy atom. The molecule has 156 valence electrons. The Labute approximate surface area is 173 Å². The lowest BCUT2D eigenvalue weighted by Gasteiger charge is -2.29. The number of benzene rings is 2. The number of carbonyl (C=O) groups is 1. The van der Waals surface area contributed by atoms with Gasteiger partial charge in [-0.2, -0.15) is 4.31 Å². The van der Waals surface area contributed by atoms with Gasteiger partial charge in [-0.1, -0.05) is 30.3 Å². The molecule has 0 spiro atoms. The van der Waals surface area contributed by atoms with Crippen molar-refractivity contribution in [3.63, 3.8) is 0 Å². The minimum atomic E-state index is -3.69. The second kappa shape index (κ2) is 9.41. The van der Waals surface area contributed by atoms with Crippen molar-refractivity contribution < 1.29 is 13.2 Å². The minimum absolute atomic E-state index is 0.177. The van der Waals surface area contributed by atoms with Crippen LogP contribution in [0.5, 0.6) is 0 Å². The molecule has 2 aromatic carbocycles. The molecule has 0 bridgehead atoms. The molecule has 7 heteroatoms. The van der Waals surface area contributed by atoms with Crippen molar-refractivity contribution in [3.8, 4) is 0 Å². The molecule has 6 nitrogen and oxygen atoms in total. The van der Waals surface area contributed by atoms with E-state index in [0.29, 0.717) is 0 Å². The van der Waals surface area contributed by atoms with Crippen molar-refractivity contribution in [3.05, 3.63) is 60.2 Å². The second-order valence-corrected chi connectivity index (χ2v) is 9.55. The monoisotopic (exact) mass is 415 g/mol. The first kappa shape index (κ1) is 21.3. The molecule has 1 atom stereocenters. The Balaban J connectivity index is 1.57. The van der Waals surface area contributed by atoms with Crippen molar-refractivity contribution >= 4 is 21.6 Å². The van der Waals surface area contributed by atoms with E-state index in [1.165, 1.54) is 44.1 Å². The van der Waals surface area contributed by atoms with Gasteiger partial charge in [0.15, 0.2) is 0 Å². The predicted molar refractivity (Wildman–Crippen MR) is 115 cm³/mol. The molecular weight excluding hydrogens is 386 g/mol. The van der Waals surface area contributed by atoms with Gasteiger partial charge >= 0.3 is 0 Å². The Hall–Kier alpha value is -2.38. The molecule has 1 fully saturated rings. The Morgan fingerprint density at radius 1 is 1.03 bits per heavy atom. The van der Waals surface area contributed by atoms with Gasteiger partial charge in [0.2, 0.25) is 15.9 Å². The number of nitrogens with one attached hydrogen (secondary N) is 1. The first-order valence-electron chi connectivity index (χ1n) is 10.0. The summed E-state index contributed by atoms with van der Waals surface area (Å²) in [5.41, 5.74) is 2.20. The number of carbonyl (C=O) groups excluding carboxylic acids is 1. The number of anilines is 1. The number of rotatable bonds is 7. The maximum absolute atomic E-state index is 12.6. The number of nitrogens with zero attached hydrogens (tertiary/aromatic N) is 2. The Bertz CT molecular complexity index is 908. The summed E-state index contributed by atoms with van der Waals surface area (Å²) in [6, 6.07) is 16.2. The zero-order valence-electron chi connectivity index (χ0n) is 17.0. The topological polar surface area (TPSA) is 69.7 Å². The van der Waals surface area contributed by atoms with Crippen LogP contribution in [-0.2, 0) is 14.8 Å². The van der Waals surface area contributed by atoms with Gasteiger partial charge in [0, 0.05) is 25.8 Å². The van der Waals surface area contributed by atoms with E-state index in [-0.39, 0.29) is 23.4 Å². The SMILES string of the molecule is C[C@@H](NC(=O)CN(C)S(=O)(=O)c1ccccc1)c1ccc(N2CCCCC2)cc1. The van der Waals surface area contributed by atoms with Crippen molar-refractivity contribution in [2.75, 3.05) is 31.6 Å². The fourth-order valence-corrected chi connectivity index (χ4v) is 4.70. The molecule has 1 heterocycles. The lowest BCUT2D eigenvalue weighted by atomic mass is 10.1. The maximum atomic E-state index is 12.6. The Morgan fingerprint density at radius 3 is 2.28 bits per heavy atom. The number of sulfonamides is 1. The fourth-order valence-electron chi connectivity index (χ4n) is 3.56. The highest BCUT2D eigenvalue weighted by molar-refractivity contribution is 7.89. The molecule has 2 aromatic rings. The van der Waals surface area contributed by atoms with Crippen LogP contribution in [0.1, 0.15) is 37.8 Å². The zero-order chi connectivity index (χ0) is 20.9. The van der Waals surface area contributed by atoms with Gasteiger partial charge in [0.05, 0.1) is 17.5 Å². The molecule has 1 saturated heterocycles. The van der Waals surface area contributed by atoms with Crippen LogP contribution in [0.3, 0.4) is 0 Å². The summed E-state index contributed by atoms with van der Waals surface area (Å²) in [6.07, 6.45) is 3.76. The third kappa shape index (κ3) is 5.36. The van der Waals surface area contributed by atoms with Crippen molar-refractivity contribution in [2.24, 2.45) is 0 Å². The van der Waals surface area contributed by atoms with E-state index in [1.54, 1.807) is 18.2 Å². The Kier molecular flexibility index (Phi) is 6.92. The van der Waals surface area contributed by atoms with Crippen LogP contribution in [0.15, 0.2) is 59.5 Å². The van der Waals surface area contributed by atoms with Crippen LogP contribution in [-0.4, -0.2) is 45.3 Å². The quantitative estimate of drug-likeness (QED) is 0.754. The summed E-state index contributed by atoms with van der Waals surface area (Å²) in [5.74, 6) is -0.334. The van der Waals surface area contributed by atoms with E-state index in [2.05, 4.69) is 22.3 Å². The minimum Gasteiger partial charge on any atom is -0.372 e. The van der Waals surface area contributed by atoms with Gasteiger partial charge in [-0.15, -0.1) is 0 Å². The van der Waals surface area contributed by atoms with Gasteiger partial charge in [-0.05, 0) is 56.0 Å². The first-order chi connectivity index (χ1) is 13.9. The van der Waals surface area contributed by atoms with E-state index in [9.17, 15) is 13.2 Å². The van der Waals surface area contributed by atoms with E-state index >= 15 is 0 Å². The molecule has 0 aromatic heterocycles. The molecule has 1 amide bonds. The van der Waals surface area contributed by atoms with Gasteiger partial charge < -0.3 is 10.2 Å². The average Bonchev–Trinajstić information content (AvgIpc) is 2.75. The van der Waals surface area contributed by atoms with E-state index < -0.39 is 10.0 Å². The van der Waals surface area contributed by atoms with Crippen molar-refractivity contribution in [1.82, 2.24) is 9.62 Å². The summed E-state index contributed by atoms with van der Waals surface area (Å²) in [6.45, 7) is 3.86. The van der Waals surface area contributed by atoms with E-state index in [1.807, 2.05) is 19.1 Å². The highest BCUT2D eigenvalue weighted by atomic mass is 32.2. The molecule has 29 heavy (non-hydrogen) atoms. The number of piperidine rings is 1. The standard InChI is InChI=1S/C22H29N3O3S/c1-18(19-11-13-20(14-12-19)25-15-7-4-8-16-25)23-22(26)17-24(2)29(27,28)21-9-5-3-6-10-21/h3,5-6,9-14,18H,4,7-8,15-17H2,1-2H3,(H,23,26)/t18-/m1/s1. The van der Waals surface area contributed by atoms with Crippen LogP contribution in [0.25, 0.3) is 0 Å². The summed E-state index contributed by atoms with van der Waals surface area (Å²) < 4.78 is 26.2.